The van der Waals surface area contributed by atoms with Gasteiger partial charge in [-0.3, -0.25) is 5.43 Å². The van der Waals surface area contributed by atoms with Gasteiger partial charge in [0.25, 0.3) is 0 Å². The summed E-state index contributed by atoms with van der Waals surface area (Å²) in [6.45, 7) is 4.19. The molecule has 2 aromatic carbocycles. The highest BCUT2D eigenvalue weighted by atomic mass is 32.1. The third-order valence-corrected chi connectivity index (χ3v) is 5.40. The van der Waals surface area contributed by atoms with Crippen molar-refractivity contribution >= 4 is 32.9 Å². The number of hydrazone groups is 1. The number of anilines is 1. The molecule has 0 amide bonds. The van der Waals surface area contributed by atoms with Crippen LogP contribution in [0.4, 0.5) is 5.13 Å². The fourth-order valence-electron chi connectivity index (χ4n) is 3.12. The van der Waals surface area contributed by atoms with Crippen LogP contribution < -0.4 is 10.2 Å². The first-order valence-corrected chi connectivity index (χ1v) is 9.45. The summed E-state index contributed by atoms with van der Waals surface area (Å²) in [5, 5.41) is 5.17. The molecule has 5 nitrogen and oxygen atoms in total. The molecule has 136 valence electrons. The van der Waals surface area contributed by atoms with E-state index in [9.17, 15) is 0 Å². The lowest BCUT2D eigenvalue weighted by atomic mass is 10.2. The summed E-state index contributed by atoms with van der Waals surface area (Å²) in [5.74, 6) is 0.850. The SMILES string of the molecule is COc1ccc(-n2c(C)cc(/C=N\Nc3nc4ccccc4s3)c2C)cc1. The Balaban J connectivity index is 1.56. The van der Waals surface area contributed by atoms with Gasteiger partial charge in [0.2, 0.25) is 5.13 Å². The second kappa shape index (κ2) is 7.25. The second-order valence-corrected chi connectivity index (χ2v) is 7.25. The average Bonchev–Trinajstić information content (AvgIpc) is 3.22. The number of aromatic nitrogens is 2. The number of hydrogen-bond acceptors (Lipinski definition) is 5. The van der Waals surface area contributed by atoms with Gasteiger partial charge in [-0.25, -0.2) is 4.98 Å². The molecule has 0 unspecified atom stereocenters. The molecule has 0 atom stereocenters. The maximum atomic E-state index is 5.24. The Labute approximate surface area is 161 Å². The van der Waals surface area contributed by atoms with Crippen LogP contribution in [0.15, 0.2) is 59.7 Å². The van der Waals surface area contributed by atoms with Crippen LogP contribution in [0.5, 0.6) is 5.75 Å². The molecule has 0 aliphatic rings. The minimum Gasteiger partial charge on any atom is -0.497 e. The van der Waals surface area contributed by atoms with Crippen LogP contribution in [0.1, 0.15) is 17.0 Å². The quantitative estimate of drug-likeness (QED) is 0.387. The van der Waals surface area contributed by atoms with Crippen molar-refractivity contribution in [1.82, 2.24) is 9.55 Å². The molecular weight excluding hydrogens is 356 g/mol. The molecular formula is C21H20N4OS. The fraction of sp³-hybridized carbons (Fsp3) is 0.143. The highest BCUT2D eigenvalue weighted by molar-refractivity contribution is 7.22. The van der Waals surface area contributed by atoms with Gasteiger partial charge >= 0.3 is 0 Å². The lowest BCUT2D eigenvalue weighted by Gasteiger charge is -2.10. The van der Waals surface area contributed by atoms with Crippen LogP contribution in [-0.2, 0) is 0 Å². The largest absolute Gasteiger partial charge is 0.497 e. The number of nitrogens with one attached hydrogen (secondary N) is 1. The lowest BCUT2D eigenvalue weighted by Crippen LogP contribution is -2.00. The van der Waals surface area contributed by atoms with Crippen LogP contribution in [0.3, 0.4) is 0 Å². The van der Waals surface area contributed by atoms with Gasteiger partial charge in [0, 0.05) is 22.6 Å². The number of thiazole rings is 1. The summed E-state index contributed by atoms with van der Waals surface area (Å²) >= 11 is 1.59. The van der Waals surface area contributed by atoms with E-state index >= 15 is 0 Å². The van der Waals surface area contributed by atoms with Crippen LogP contribution in [0.25, 0.3) is 15.9 Å². The van der Waals surface area contributed by atoms with Crippen LogP contribution in [0, 0.1) is 13.8 Å². The van der Waals surface area contributed by atoms with Crippen molar-refractivity contribution in [3.8, 4) is 11.4 Å². The van der Waals surface area contributed by atoms with E-state index in [0.717, 1.165) is 43.7 Å². The van der Waals surface area contributed by atoms with E-state index in [1.807, 2.05) is 36.5 Å². The molecule has 0 fully saturated rings. The van der Waals surface area contributed by atoms with Crippen molar-refractivity contribution < 1.29 is 4.74 Å². The first kappa shape index (κ1) is 17.3. The molecule has 0 aliphatic carbocycles. The maximum absolute atomic E-state index is 5.24. The second-order valence-electron chi connectivity index (χ2n) is 6.22. The van der Waals surface area contributed by atoms with Crippen molar-refractivity contribution in [1.29, 1.82) is 0 Å². The number of benzene rings is 2. The molecule has 4 rings (SSSR count). The van der Waals surface area contributed by atoms with Gasteiger partial charge in [-0.15, -0.1) is 0 Å². The van der Waals surface area contributed by atoms with Crippen molar-refractivity contribution in [2.45, 2.75) is 13.8 Å². The van der Waals surface area contributed by atoms with Gasteiger partial charge in [0.1, 0.15) is 5.75 Å². The number of hydrogen-bond donors (Lipinski definition) is 1. The molecule has 2 heterocycles. The zero-order valence-corrected chi connectivity index (χ0v) is 16.2. The molecule has 6 heteroatoms. The van der Waals surface area contributed by atoms with Gasteiger partial charge in [-0.05, 0) is 56.3 Å². The Kier molecular flexibility index (Phi) is 4.64. The normalized spacial score (nSPS) is 11.4. The van der Waals surface area contributed by atoms with Crippen molar-refractivity contribution in [3.63, 3.8) is 0 Å². The Hall–Kier alpha value is -3.12. The molecule has 0 bridgehead atoms. The third kappa shape index (κ3) is 3.44. The van der Waals surface area contributed by atoms with Crippen LogP contribution in [-0.4, -0.2) is 22.9 Å². The van der Waals surface area contributed by atoms with Crippen LogP contribution in [0.2, 0.25) is 0 Å². The van der Waals surface area contributed by atoms with Crippen molar-refractivity contribution in [2.75, 3.05) is 12.5 Å². The van der Waals surface area contributed by atoms with Gasteiger partial charge in [0.05, 0.1) is 23.5 Å². The van der Waals surface area contributed by atoms with E-state index in [2.05, 4.69) is 58.2 Å². The van der Waals surface area contributed by atoms with Gasteiger partial charge in [0.15, 0.2) is 0 Å². The summed E-state index contributed by atoms with van der Waals surface area (Å²) in [6.07, 6.45) is 1.84. The number of fused-ring (bicyclic) bond motifs is 1. The average molecular weight is 376 g/mol. The number of aryl methyl sites for hydroxylation is 1. The topological polar surface area (TPSA) is 51.4 Å². The Morgan fingerprint density at radius 1 is 1.11 bits per heavy atom. The van der Waals surface area contributed by atoms with E-state index in [-0.39, 0.29) is 0 Å². The van der Waals surface area contributed by atoms with E-state index in [1.54, 1.807) is 18.4 Å². The summed E-state index contributed by atoms with van der Waals surface area (Å²) in [6, 6.07) is 18.2. The van der Waals surface area contributed by atoms with Gasteiger partial charge in [-0.1, -0.05) is 23.5 Å². The molecule has 0 saturated heterocycles. The Morgan fingerprint density at radius 3 is 2.63 bits per heavy atom. The molecule has 0 aliphatic heterocycles. The predicted octanol–water partition coefficient (Wildman–Crippen LogP) is 5.16. The molecule has 1 N–H and O–H groups in total. The van der Waals surface area contributed by atoms with Crippen LogP contribution >= 0.6 is 11.3 Å². The minimum absolute atomic E-state index is 0.788. The van der Waals surface area contributed by atoms with E-state index in [1.165, 1.54) is 0 Å². The lowest BCUT2D eigenvalue weighted by molar-refractivity contribution is 0.414. The Bertz CT molecular complexity index is 1080. The smallest absolute Gasteiger partial charge is 0.204 e. The number of nitrogens with zero attached hydrogens (tertiary/aromatic N) is 3. The monoisotopic (exact) mass is 376 g/mol. The zero-order chi connectivity index (χ0) is 18.8. The molecule has 27 heavy (non-hydrogen) atoms. The predicted molar refractivity (Wildman–Crippen MR) is 113 cm³/mol. The van der Waals surface area contributed by atoms with Crippen molar-refractivity contribution in [3.05, 3.63) is 71.5 Å². The number of para-hydroxylation sites is 1. The maximum Gasteiger partial charge on any atom is 0.204 e. The number of methoxy groups -OCH3 is 1. The van der Waals surface area contributed by atoms with Crippen molar-refractivity contribution in [2.24, 2.45) is 5.10 Å². The van der Waals surface area contributed by atoms with E-state index in [0.29, 0.717) is 0 Å². The standard InChI is InChI=1S/C21H20N4OS/c1-14-12-16(15(2)25(14)17-8-10-18(26-3)11-9-17)13-22-24-21-23-19-6-4-5-7-20(19)27-21/h4-13H,1-3H3,(H,23,24)/b22-13-. The first-order chi connectivity index (χ1) is 13.2. The number of ether oxygens (including phenoxy) is 1. The molecule has 0 spiro atoms. The summed E-state index contributed by atoms with van der Waals surface area (Å²) in [7, 11) is 1.67. The molecule has 2 aromatic heterocycles. The molecule has 0 saturated carbocycles. The Morgan fingerprint density at radius 2 is 1.89 bits per heavy atom. The highest BCUT2D eigenvalue weighted by Gasteiger charge is 2.09. The first-order valence-electron chi connectivity index (χ1n) is 8.64. The third-order valence-electron chi connectivity index (χ3n) is 4.46. The molecule has 0 radical (unpaired) electrons. The van der Waals surface area contributed by atoms with E-state index in [4.69, 9.17) is 4.74 Å². The van der Waals surface area contributed by atoms with Gasteiger partial charge in [-0.2, -0.15) is 5.10 Å². The van der Waals surface area contributed by atoms with E-state index < -0.39 is 0 Å². The summed E-state index contributed by atoms with van der Waals surface area (Å²) in [4.78, 5) is 4.53. The number of rotatable bonds is 5. The fourth-order valence-corrected chi connectivity index (χ4v) is 3.94. The zero-order valence-electron chi connectivity index (χ0n) is 15.4. The summed E-state index contributed by atoms with van der Waals surface area (Å²) in [5.41, 5.74) is 8.48. The minimum atomic E-state index is 0.788. The van der Waals surface area contributed by atoms with Gasteiger partial charge < -0.3 is 9.30 Å². The molecule has 4 aromatic rings. The summed E-state index contributed by atoms with van der Waals surface area (Å²) < 4.78 is 8.60. The highest BCUT2D eigenvalue weighted by Crippen LogP contribution is 2.25.